The molecule has 0 aliphatic rings. The summed E-state index contributed by atoms with van der Waals surface area (Å²) in [5.74, 6) is 0.623. The second kappa shape index (κ2) is 6.24. The maximum atomic E-state index is 2.41. The van der Waals surface area contributed by atoms with Crippen LogP contribution in [0.15, 0.2) is 60.7 Å². The van der Waals surface area contributed by atoms with E-state index in [1.165, 1.54) is 11.1 Å². The molecule has 0 saturated heterocycles. The van der Waals surface area contributed by atoms with Gasteiger partial charge in [-0.2, -0.15) is 0 Å². The summed E-state index contributed by atoms with van der Waals surface area (Å²) in [6, 6.07) is 21.3. The summed E-state index contributed by atoms with van der Waals surface area (Å²) in [5.41, 5.74) is 2.82. The van der Waals surface area contributed by atoms with Gasteiger partial charge in [0.1, 0.15) is 0 Å². The molecule has 0 aliphatic carbocycles. The molecule has 17 heavy (non-hydrogen) atoms. The molecule has 0 heteroatoms. The van der Waals surface area contributed by atoms with E-state index in [-0.39, 0.29) is 0 Å². The lowest BCUT2D eigenvalue weighted by Crippen LogP contribution is -2.02. The minimum absolute atomic E-state index is 0.623. The Kier molecular flexibility index (Phi) is 4.37. The molecule has 0 aliphatic heterocycles. The molecule has 0 aromatic heterocycles. The standard InChI is InChI=1S/C17H19/c1-15(14-17-10-6-3-7-11-17)12-13-16-8-4-2-5-9-16/h2-12,15H,13-14H2,1H3. The molecule has 0 heterocycles. The van der Waals surface area contributed by atoms with Crippen molar-refractivity contribution in [3.05, 3.63) is 78.2 Å². The molecule has 0 amide bonds. The summed E-state index contributed by atoms with van der Waals surface area (Å²) >= 11 is 0. The smallest absolute Gasteiger partial charge is 0.0245 e. The highest BCUT2D eigenvalue weighted by atomic mass is 14.1. The van der Waals surface area contributed by atoms with E-state index >= 15 is 0 Å². The first-order chi connectivity index (χ1) is 8.34. The molecular formula is C17H19. The lowest BCUT2D eigenvalue weighted by molar-refractivity contribution is 0.651. The van der Waals surface area contributed by atoms with Crippen molar-refractivity contribution in [1.82, 2.24) is 0 Å². The van der Waals surface area contributed by atoms with E-state index < -0.39 is 0 Å². The van der Waals surface area contributed by atoms with Crippen LogP contribution in [0.25, 0.3) is 0 Å². The number of benzene rings is 2. The zero-order valence-corrected chi connectivity index (χ0v) is 10.3. The van der Waals surface area contributed by atoms with Crippen molar-refractivity contribution in [2.24, 2.45) is 5.92 Å². The van der Waals surface area contributed by atoms with Crippen LogP contribution >= 0.6 is 0 Å². The molecule has 2 aromatic carbocycles. The fraction of sp³-hybridized carbons (Fsp3) is 0.235. The van der Waals surface area contributed by atoms with Gasteiger partial charge in [-0.05, 0) is 36.3 Å². The Balaban J connectivity index is 1.80. The van der Waals surface area contributed by atoms with Gasteiger partial charge in [0.25, 0.3) is 0 Å². The first-order valence-electron chi connectivity index (χ1n) is 6.26. The molecule has 0 fully saturated rings. The van der Waals surface area contributed by atoms with Gasteiger partial charge >= 0.3 is 0 Å². The van der Waals surface area contributed by atoms with Crippen LogP contribution in [0.2, 0.25) is 0 Å². The molecule has 1 radical (unpaired) electrons. The second-order valence-corrected chi connectivity index (χ2v) is 4.59. The summed E-state index contributed by atoms with van der Waals surface area (Å²) in [6.07, 6.45) is 4.60. The lowest BCUT2D eigenvalue weighted by atomic mass is 9.95. The summed E-state index contributed by atoms with van der Waals surface area (Å²) in [7, 11) is 0. The maximum Gasteiger partial charge on any atom is -0.0245 e. The molecule has 2 aromatic rings. The average molecular weight is 223 g/mol. The average Bonchev–Trinajstić information content (AvgIpc) is 2.39. The van der Waals surface area contributed by atoms with Crippen molar-refractivity contribution >= 4 is 0 Å². The predicted molar refractivity (Wildman–Crippen MR) is 73.8 cm³/mol. The molecule has 0 bridgehead atoms. The fourth-order valence-corrected chi connectivity index (χ4v) is 2.02. The summed E-state index contributed by atoms with van der Waals surface area (Å²) < 4.78 is 0. The number of rotatable bonds is 5. The molecule has 2 rings (SSSR count). The maximum absolute atomic E-state index is 2.41. The molecule has 87 valence electrons. The molecule has 0 N–H and O–H groups in total. The van der Waals surface area contributed by atoms with Crippen molar-refractivity contribution < 1.29 is 0 Å². The molecule has 0 nitrogen and oxygen atoms in total. The quantitative estimate of drug-likeness (QED) is 0.708. The molecule has 1 unspecified atom stereocenters. The van der Waals surface area contributed by atoms with Gasteiger partial charge < -0.3 is 0 Å². The summed E-state index contributed by atoms with van der Waals surface area (Å²) in [4.78, 5) is 0. The van der Waals surface area contributed by atoms with Crippen LogP contribution in [0.5, 0.6) is 0 Å². The highest BCUT2D eigenvalue weighted by molar-refractivity contribution is 5.18. The Morgan fingerprint density at radius 1 is 0.824 bits per heavy atom. The van der Waals surface area contributed by atoms with E-state index in [4.69, 9.17) is 0 Å². The van der Waals surface area contributed by atoms with Crippen molar-refractivity contribution in [1.29, 1.82) is 0 Å². The van der Waals surface area contributed by atoms with E-state index in [1.54, 1.807) is 0 Å². The zero-order valence-electron chi connectivity index (χ0n) is 10.3. The zero-order chi connectivity index (χ0) is 11.9. The van der Waals surface area contributed by atoms with Crippen LogP contribution in [-0.2, 0) is 12.8 Å². The molecule has 0 saturated carbocycles. The van der Waals surface area contributed by atoms with Gasteiger partial charge in [0.15, 0.2) is 0 Å². The third-order valence-corrected chi connectivity index (χ3v) is 3.00. The lowest BCUT2D eigenvalue weighted by Gasteiger charge is -2.11. The van der Waals surface area contributed by atoms with Gasteiger partial charge in [-0.15, -0.1) is 0 Å². The molecule has 0 spiro atoms. The third-order valence-electron chi connectivity index (χ3n) is 3.00. The number of hydrogen-bond donors (Lipinski definition) is 0. The van der Waals surface area contributed by atoms with Crippen LogP contribution < -0.4 is 0 Å². The SMILES string of the molecule is CC([CH]Cc1ccccc1)Cc1ccccc1. The van der Waals surface area contributed by atoms with Gasteiger partial charge in [-0.1, -0.05) is 67.6 Å². The van der Waals surface area contributed by atoms with E-state index in [1.807, 2.05) is 0 Å². The Morgan fingerprint density at radius 3 is 1.94 bits per heavy atom. The van der Waals surface area contributed by atoms with Crippen LogP contribution in [0, 0.1) is 12.3 Å². The Labute approximate surface area is 104 Å². The van der Waals surface area contributed by atoms with Crippen LogP contribution in [-0.4, -0.2) is 0 Å². The fourth-order valence-electron chi connectivity index (χ4n) is 2.02. The Hall–Kier alpha value is -1.56. The van der Waals surface area contributed by atoms with Crippen molar-refractivity contribution in [3.63, 3.8) is 0 Å². The van der Waals surface area contributed by atoms with E-state index in [0.717, 1.165) is 12.8 Å². The molecular weight excluding hydrogens is 204 g/mol. The normalized spacial score (nSPS) is 12.3. The first-order valence-corrected chi connectivity index (χ1v) is 6.26. The largest absolute Gasteiger partial charge is 0.0622 e. The van der Waals surface area contributed by atoms with Gasteiger partial charge in [0.05, 0.1) is 0 Å². The van der Waals surface area contributed by atoms with E-state index in [0.29, 0.717) is 5.92 Å². The first kappa shape index (κ1) is 11.9. The van der Waals surface area contributed by atoms with Crippen molar-refractivity contribution in [2.45, 2.75) is 19.8 Å². The van der Waals surface area contributed by atoms with Crippen LogP contribution in [0.3, 0.4) is 0 Å². The minimum Gasteiger partial charge on any atom is -0.0622 e. The second-order valence-electron chi connectivity index (χ2n) is 4.59. The van der Waals surface area contributed by atoms with Gasteiger partial charge in [0.2, 0.25) is 0 Å². The van der Waals surface area contributed by atoms with Crippen LogP contribution in [0.1, 0.15) is 18.1 Å². The minimum atomic E-state index is 0.623. The predicted octanol–water partition coefficient (Wildman–Crippen LogP) is 4.31. The van der Waals surface area contributed by atoms with Crippen LogP contribution in [0.4, 0.5) is 0 Å². The Morgan fingerprint density at radius 2 is 1.35 bits per heavy atom. The van der Waals surface area contributed by atoms with Crippen molar-refractivity contribution in [3.8, 4) is 0 Å². The van der Waals surface area contributed by atoms with Crippen molar-refractivity contribution in [2.75, 3.05) is 0 Å². The summed E-state index contributed by atoms with van der Waals surface area (Å²) in [5, 5.41) is 0. The van der Waals surface area contributed by atoms with Gasteiger partial charge in [0, 0.05) is 0 Å². The number of hydrogen-bond acceptors (Lipinski definition) is 0. The van der Waals surface area contributed by atoms with Gasteiger partial charge in [-0.25, -0.2) is 0 Å². The highest BCUT2D eigenvalue weighted by Gasteiger charge is 2.04. The summed E-state index contributed by atoms with van der Waals surface area (Å²) in [6.45, 7) is 2.29. The van der Waals surface area contributed by atoms with E-state index in [9.17, 15) is 0 Å². The van der Waals surface area contributed by atoms with Gasteiger partial charge in [-0.3, -0.25) is 0 Å². The monoisotopic (exact) mass is 223 g/mol. The topological polar surface area (TPSA) is 0 Å². The third kappa shape index (κ3) is 4.07. The molecule has 1 atom stereocenters. The highest BCUT2D eigenvalue weighted by Crippen LogP contribution is 2.13. The Bertz CT molecular complexity index is 416. The van der Waals surface area contributed by atoms with E-state index in [2.05, 4.69) is 74.0 Å².